The molecule has 2 heterocycles. The van der Waals surface area contributed by atoms with Crippen LogP contribution in [0.5, 0.6) is 0 Å². The average molecular weight is 262 g/mol. The summed E-state index contributed by atoms with van der Waals surface area (Å²) in [6.07, 6.45) is 6.56. The van der Waals surface area contributed by atoms with Gasteiger partial charge in [-0.3, -0.25) is 0 Å². The number of fused-ring (bicyclic) bond motifs is 1. The van der Waals surface area contributed by atoms with Crippen molar-refractivity contribution in [2.24, 2.45) is 5.41 Å². The summed E-state index contributed by atoms with van der Waals surface area (Å²) >= 11 is 1.74. The first-order chi connectivity index (χ1) is 8.83. The smallest absolute Gasteiger partial charge is 0.134 e. The molecule has 96 valence electrons. The Morgan fingerprint density at radius 2 is 2.17 bits per heavy atom. The highest BCUT2D eigenvalue weighted by molar-refractivity contribution is 7.17. The maximum atomic E-state index is 9.61. The zero-order valence-electron chi connectivity index (χ0n) is 10.4. The molecular formula is C14H18N2OS. The average Bonchev–Trinajstić information content (AvgIpc) is 3.06. The number of aliphatic hydroxyl groups excluding tert-OH is 1. The fourth-order valence-electron chi connectivity index (χ4n) is 2.82. The Labute approximate surface area is 111 Å². The van der Waals surface area contributed by atoms with Gasteiger partial charge in [0.1, 0.15) is 5.82 Å². The number of hydrogen-bond donors (Lipinski definition) is 2. The van der Waals surface area contributed by atoms with Gasteiger partial charge < -0.3 is 10.4 Å². The summed E-state index contributed by atoms with van der Waals surface area (Å²) in [7, 11) is 0. The van der Waals surface area contributed by atoms with E-state index in [9.17, 15) is 5.11 Å². The molecule has 4 heteroatoms. The molecule has 0 spiro atoms. The first kappa shape index (κ1) is 11.9. The Morgan fingerprint density at radius 3 is 2.94 bits per heavy atom. The summed E-state index contributed by atoms with van der Waals surface area (Å²) in [6, 6.07) is 4.15. The number of aromatic nitrogens is 1. The van der Waals surface area contributed by atoms with E-state index in [1.165, 1.54) is 22.9 Å². The Hall–Kier alpha value is -1.13. The molecule has 1 fully saturated rings. The Morgan fingerprint density at radius 1 is 1.33 bits per heavy atom. The number of nitrogens with one attached hydrogen (secondary N) is 1. The second-order valence-corrected chi connectivity index (χ2v) is 6.16. The van der Waals surface area contributed by atoms with Crippen LogP contribution in [0.25, 0.3) is 10.1 Å². The van der Waals surface area contributed by atoms with E-state index in [1.54, 1.807) is 11.3 Å². The van der Waals surface area contributed by atoms with Gasteiger partial charge in [-0.25, -0.2) is 4.98 Å². The molecule has 0 bridgehead atoms. The zero-order chi connectivity index (χ0) is 12.4. The van der Waals surface area contributed by atoms with Crippen LogP contribution in [0.4, 0.5) is 5.82 Å². The molecule has 1 aliphatic carbocycles. The van der Waals surface area contributed by atoms with Crippen molar-refractivity contribution >= 4 is 27.2 Å². The molecule has 2 N–H and O–H groups in total. The van der Waals surface area contributed by atoms with Gasteiger partial charge in [-0.1, -0.05) is 12.8 Å². The maximum Gasteiger partial charge on any atom is 0.134 e. The summed E-state index contributed by atoms with van der Waals surface area (Å²) in [5, 5.41) is 16.3. The molecule has 0 amide bonds. The summed E-state index contributed by atoms with van der Waals surface area (Å²) in [4.78, 5) is 4.42. The molecule has 0 radical (unpaired) electrons. The number of anilines is 1. The molecular weight excluding hydrogens is 244 g/mol. The van der Waals surface area contributed by atoms with E-state index >= 15 is 0 Å². The third-order valence-corrected chi connectivity index (χ3v) is 4.89. The van der Waals surface area contributed by atoms with E-state index < -0.39 is 0 Å². The van der Waals surface area contributed by atoms with Crippen LogP contribution in [-0.4, -0.2) is 23.2 Å². The molecule has 0 aliphatic heterocycles. The standard InChI is InChI=1S/C14H18N2OS/c17-10-14(5-1-2-6-14)9-16-13-11-4-8-18-12(11)3-7-15-13/h3-4,7-8,17H,1-2,5-6,9-10H2,(H,15,16). The normalized spacial score (nSPS) is 18.3. The molecule has 1 saturated carbocycles. The number of rotatable bonds is 4. The van der Waals surface area contributed by atoms with E-state index in [1.807, 2.05) is 12.3 Å². The van der Waals surface area contributed by atoms with Crippen LogP contribution in [0.1, 0.15) is 25.7 Å². The van der Waals surface area contributed by atoms with Gasteiger partial charge in [0.05, 0.1) is 6.61 Å². The molecule has 0 atom stereocenters. The molecule has 0 aromatic carbocycles. The first-order valence-corrected chi connectivity index (χ1v) is 7.38. The minimum Gasteiger partial charge on any atom is -0.396 e. The van der Waals surface area contributed by atoms with Crippen molar-refractivity contribution in [1.29, 1.82) is 0 Å². The predicted molar refractivity (Wildman–Crippen MR) is 76.1 cm³/mol. The number of nitrogens with zero attached hydrogens (tertiary/aromatic N) is 1. The summed E-state index contributed by atoms with van der Waals surface area (Å²) in [6.45, 7) is 1.10. The van der Waals surface area contributed by atoms with E-state index in [0.717, 1.165) is 25.2 Å². The highest BCUT2D eigenvalue weighted by Gasteiger charge is 2.33. The number of pyridine rings is 1. The summed E-state index contributed by atoms with van der Waals surface area (Å²) in [5.41, 5.74) is 0.0693. The molecule has 2 aromatic heterocycles. The molecule has 0 unspecified atom stereocenters. The van der Waals surface area contributed by atoms with Gasteiger partial charge >= 0.3 is 0 Å². The van der Waals surface area contributed by atoms with Crippen LogP contribution < -0.4 is 5.32 Å². The lowest BCUT2D eigenvalue weighted by atomic mass is 9.87. The van der Waals surface area contributed by atoms with Gasteiger partial charge in [0.25, 0.3) is 0 Å². The zero-order valence-corrected chi connectivity index (χ0v) is 11.2. The third kappa shape index (κ3) is 2.10. The van der Waals surface area contributed by atoms with Gasteiger partial charge in [-0.05, 0) is 30.4 Å². The number of aliphatic hydroxyl groups is 1. The van der Waals surface area contributed by atoms with Crippen molar-refractivity contribution in [2.75, 3.05) is 18.5 Å². The van der Waals surface area contributed by atoms with Crippen LogP contribution in [0.15, 0.2) is 23.7 Å². The van der Waals surface area contributed by atoms with Crippen LogP contribution in [0.2, 0.25) is 0 Å². The van der Waals surface area contributed by atoms with Gasteiger partial charge in [0, 0.05) is 28.2 Å². The summed E-state index contributed by atoms with van der Waals surface area (Å²) in [5.74, 6) is 0.952. The lowest BCUT2D eigenvalue weighted by molar-refractivity contribution is 0.142. The second kappa shape index (κ2) is 4.86. The minimum atomic E-state index is 0.0693. The number of thiophene rings is 1. The molecule has 3 rings (SSSR count). The van der Waals surface area contributed by atoms with E-state index in [2.05, 4.69) is 21.7 Å². The highest BCUT2D eigenvalue weighted by atomic mass is 32.1. The SMILES string of the molecule is OCC1(CNc2nccc3sccc23)CCCC1. The molecule has 3 nitrogen and oxygen atoms in total. The van der Waals surface area contributed by atoms with Crippen molar-refractivity contribution in [3.8, 4) is 0 Å². The van der Waals surface area contributed by atoms with Gasteiger partial charge in [-0.15, -0.1) is 11.3 Å². The molecule has 1 aliphatic rings. The predicted octanol–water partition coefficient (Wildman–Crippen LogP) is 3.26. The van der Waals surface area contributed by atoms with Crippen molar-refractivity contribution in [3.63, 3.8) is 0 Å². The Kier molecular flexibility index (Phi) is 3.22. The summed E-state index contributed by atoms with van der Waals surface area (Å²) < 4.78 is 1.26. The molecule has 2 aromatic rings. The van der Waals surface area contributed by atoms with Crippen molar-refractivity contribution < 1.29 is 5.11 Å². The van der Waals surface area contributed by atoms with Crippen LogP contribution in [0.3, 0.4) is 0 Å². The fraction of sp³-hybridized carbons (Fsp3) is 0.500. The molecule has 0 saturated heterocycles. The lowest BCUT2D eigenvalue weighted by Gasteiger charge is -2.27. The Balaban J connectivity index is 1.78. The van der Waals surface area contributed by atoms with Crippen molar-refractivity contribution in [1.82, 2.24) is 4.98 Å². The van der Waals surface area contributed by atoms with Gasteiger partial charge in [0.15, 0.2) is 0 Å². The molecule has 18 heavy (non-hydrogen) atoms. The largest absolute Gasteiger partial charge is 0.396 e. The van der Waals surface area contributed by atoms with Crippen LogP contribution >= 0.6 is 11.3 Å². The van der Waals surface area contributed by atoms with Crippen LogP contribution in [-0.2, 0) is 0 Å². The minimum absolute atomic E-state index is 0.0693. The first-order valence-electron chi connectivity index (χ1n) is 6.50. The van der Waals surface area contributed by atoms with Crippen LogP contribution in [0, 0.1) is 5.41 Å². The van der Waals surface area contributed by atoms with E-state index in [0.29, 0.717) is 0 Å². The third-order valence-electron chi connectivity index (χ3n) is 4.01. The van der Waals surface area contributed by atoms with Gasteiger partial charge in [-0.2, -0.15) is 0 Å². The quantitative estimate of drug-likeness (QED) is 0.889. The topological polar surface area (TPSA) is 45.1 Å². The van der Waals surface area contributed by atoms with E-state index in [4.69, 9.17) is 0 Å². The second-order valence-electron chi connectivity index (χ2n) is 5.21. The van der Waals surface area contributed by atoms with Gasteiger partial charge in [0.2, 0.25) is 0 Å². The fourth-order valence-corrected chi connectivity index (χ4v) is 3.60. The number of hydrogen-bond acceptors (Lipinski definition) is 4. The van der Waals surface area contributed by atoms with E-state index in [-0.39, 0.29) is 12.0 Å². The van der Waals surface area contributed by atoms with Crippen molar-refractivity contribution in [3.05, 3.63) is 23.7 Å². The maximum absolute atomic E-state index is 9.61. The monoisotopic (exact) mass is 262 g/mol. The Bertz CT molecular complexity index is 531. The highest BCUT2D eigenvalue weighted by Crippen LogP contribution is 2.38. The van der Waals surface area contributed by atoms with Crippen molar-refractivity contribution in [2.45, 2.75) is 25.7 Å². The lowest BCUT2D eigenvalue weighted by Crippen LogP contribution is -2.30.